The molecule has 0 spiro atoms. The van der Waals surface area contributed by atoms with E-state index in [9.17, 15) is 19.2 Å². The average molecular weight is 771 g/mol. The van der Waals surface area contributed by atoms with Gasteiger partial charge in [0.25, 0.3) is 0 Å². The van der Waals surface area contributed by atoms with Crippen molar-refractivity contribution >= 4 is 23.8 Å². The number of carbonyl (C=O) groups is 4. The Morgan fingerprint density at radius 3 is 1.17 bits per heavy atom. The van der Waals surface area contributed by atoms with E-state index in [-0.39, 0.29) is 49.7 Å². The molecule has 0 aromatic heterocycles. The lowest BCUT2D eigenvalue weighted by Gasteiger charge is -2.19. The molecule has 0 aliphatic rings. The minimum atomic E-state index is -0.754. The fraction of sp³-hybridized carbons (Fsp3) is 0.911. The Kier molecular flexibility index (Phi) is 47.1. The highest BCUT2D eigenvalue weighted by atomic mass is 16.6. The summed E-state index contributed by atoms with van der Waals surface area (Å²) in [6.07, 6.45) is 26.6. The van der Waals surface area contributed by atoms with Crippen LogP contribution in [0.2, 0.25) is 0 Å². The molecule has 9 nitrogen and oxygen atoms in total. The zero-order valence-corrected chi connectivity index (χ0v) is 36.8. The molecular weight excluding hydrogens is 681 g/mol. The topological polar surface area (TPSA) is 131 Å². The lowest BCUT2D eigenvalue weighted by molar-refractivity contribution is -0.159. The first kappa shape index (κ1) is 56.2. The van der Waals surface area contributed by atoms with E-state index in [1.807, 2.05) is 41.5 Å². The first-order valence-corrected chi connectivity index (χ1v) is 22.5. The van der Waals surface area contributed by atoms with E-state index < -0.39 is 6.10 Å². The molecule has 0 saturated carbocycles. The molecule has 0 aromatic rings. The minimum absolute atomic E-state index is 0.0436. The highest BCUT2D eigenvalue weighted by Gasteiger charge is 2.19. The number of hydrogen-bond donors (Lipinski definition) is 3. The summed E-state index contributed by atoms with van der Waals surface area (Å²) in [5.74, 6) is -0.334. The molecule has 0 aromatic carbocycles. The molecule has 0 heterocycles. The van der Waals surface area contributed by atoms with Crippen LogP contribution < -0.4 is 10.6 Å². The quantitative estimate of drug-likeness (QED) is 0.0432. The van der Waals surface area contributed by atoms with Gasteiger partial charge in [0.1, 0.15) is 6.61 Å². The summed E-state index contributed by atoms with van der Waals surface area (Å²) < 4.78 is 11.1. The largest absolute Gasteiger partial charge is 0.462 e. The van der Waals surface area contributed by atoms with Gasteiger partial charge in [0.15, 0.2) is 6.10 Å². The summed E-state index contributed by atoms with van der Waals surface area (Å²) in [5.41, 5.74) is 0. The van der Waals surface area contributed by atoms with Crippen molar-refractivity contribution < 1.29 is 33.8 Å². The van der Waals surface area contributed by atoms with E-state index in [0.29, 0.717) is 37.8 Å². The van der Waals surface area contributed by atoms with Gasteiger partial charge in [-0.25, -0.2) is 0 Å². The predicted molar refractivity (Wildman–Crippen MR) is 226 cm³/mol. The Labute approximate surface area is 334 Å². The standard InChI is InChI=1S/C39H74N2O6.C4H10O.C2H6/c1-5-7-9-11-13-15-17-19-21-23-25-27-38(44)46-33-35(32-41-37(43)30-29-36(42)40-31-34(3)4)47-39(45)28-26-24-22-20-18-16-14-12-10-8-6-2;1-4(2)3-5;1-2/h34-35H,5-33H2,1-4H3,(H,40,42)(H,41,43);4-5H,3H2,1-2H3;1-2H3. The maximum Gasteiger partial charge on any atom is 0.306 e. The first-order chi connectivity index (χ1) is 26.0. The summed E-state index contributed by atoms with van der Waals surface area (Å²) in [4.78, 5) is 49.4. The minimum Gasteiger partial charge on any atom is -0.462 e. The second kappa shape index (κ2) is 45.2. The van der Waals surface area contributed by atoms with Gasteiger partial charge in [-0.15, -0.1) is 0 Å². The number of hydrogen-bond acceptors (Lipinski definition) is 7. The van der Waals surface area contributed by atoms with Crippen LogP contribution in [0.25, 0.3) is 0 Å². The van der Waals surface area contributed by atoms with Crippen LogP contribution in [0.5, 0.6) is 0 Å². The number of carbonyl (C=O) groups excluding carboxylic acids is 4. The summed E-state index contributed by atoms with van der Waals surface area (Å²) in [6.45, 7) is 17.3. The summed E-state index contributed by atoms with van der Waals surface area (Å²) in [7, 11) is 0. The Balaban J connectivity index is -0.00000340. The second-order valence-corrected chi connectivity index (χ2v) is 15.4. The molecule has 0 bridgehead atoms. The Morgan fingerprint density at radius 2 is 0.815 bits per heavy atom. The molecule has 0 aliphatic carbocycles. The summed E-state index contributed by atoms with van der Waals surface area (Å²) >= 11 is 0. The smallest absolute Gasteiger partial charge is 0.306 e. The Morgan fingerprint density at radius 1 is 0.481 bits per heavy atom. The molecule has 0 rings (SSSR count). The van der Waals surface area contributed by atoms with Crippen molar-refractivity contribution in [2.75, 3.05) is 26.3 Å². The van der Waals surface area contributed by atoms with Gasteiger partial charge in [-0.2, -0.15) is 0 Å². The molecule has 2 amide bonds. The van der Waals surface area contributed by atoms with Crippen molar-refractivity contribution in [2.45, 2.75) is 228 Å². The Bertz CT molecular complexity index is 835. The average Bonchev–Trinajstić information content (AvgIpc) is 3.16. The fourth-order valence-electron chi connectivity index (χ4n) is 5.45. The van der Waals surface area contributed by atoms with Crippen molar-refractivity contribution in [3.8, 4) is 0 Å². The maximum atomic E-state index is 12.6. The van der Waals surface area contributed by atoms with E-state index >= 15 is 0 Å². The van der Waals surface area contributed by atoms with Crippen molar-refractivity contribution in [3.05, 3.63) is 0 Å². The third-order valence-corrected chi connectivity index (χ3v) is 8.88. The third-order valence-electron chi connectivity index (χ3n) is 8.88. The number of unbranched alkanes of at least 4 members (excludes halogenated alkanes) is 20. The van der Waals surface area contributed by atoms with E-state index in [4.69, 9.17) is 14.6 Å². The molecule has 1 unspecified atom stereocenters. The highest BCUT2D eigenvalue weighted by Crippen LogP contribution is 2.14. The van der Waals surface area contributed by atoms with Gasteiger partial charge in [0, 0.05) is 38.8 Å². The Hall–Kier alpha value is -2.16. The van der Waals surface area contributed by atoms with Crippen LogP contribution in [0.15, 0.2) is 0 Å². The molecular formula is C45H90N2O7. The predicted octanol–water partition coefficient (Wildman–Crippen LogP) is 11.2. The highest BCUT2D eigenvalue weighted by molar-refractivity contribution is 5.83. The molecule has 0 saturated heterocycles. The molecule has 3 N–H and O–H groups in total. The first-order valence-electron chi connectivity index (χ1n) is 22.5. The molecule has 322 valence electrons. The number of ether oxygens (including phenoxy) is 2. The van der Waals surface area contributed by atoms with Gasteiger partial charge in [-0.05, 0) is 24.7 Å². The molecule has 0 aliphatic heterocycles. The van der Waals surface area contributed by atoms with Gasteiger partial charge < -0.3 is 25.2 Å². The van der Waals surface area contributed by atoms with Gasteiger partial charge in [-0.3, -0.25) is 19.2 Å². The van der Waals surface area contributed by atoms with E-state index in [1.54, 1.807) is 0 Å². The lowest BCUT2D eigenvalue weighted by atomic mass is 10.1. The number of aliphatic hydroxyl groups is 1. The number of nitrogens with one attached hydrogen (secondary N) is 2. The lowest BCUT2D eigenvalue weighted by Crippen LogP contribution is -2.38. The van der Waals surface area contributed by atoms with Crippen molar-refractivity contribution in [1.29, 1.82) is 0 Å². The molecule has 0 radical (unpaired) electrons. The van der Waals surface area contributed by atoms with Crippen LogP contribution in [0.1, 0.15) is 222 Å². The zero-order valence-electron chi connectivity index (χ0n) is 36.8. The van der Waals surface area contributed by atoms with Crippen molar-refractivity contribution in [3.63, 3.8) is 0 Å². The van der Waals surface area contributed by atoms with Crippen LogP contribution in [-0.2, 0) is 28.7 Å². The van der Waals surface area contributed by atoms with E-state index in [2.05, 4.69) is 24.5 Å². The fourth-order valence-corrected chi connectivity index (χ4v) is 5.45. The molecule has 1 atom stereocenters. The molecule has 9 heteroatoms. The van der Waals surface area contributed by atoms with Crippen molar-refractivity contribution in [2.24, 2.45) is 11.8 Å². The van der Waals surface area contributed by atoms with E-state index in [1.165, 1.54) is 103 Å². The van der Waals surface area contributed by atoms with Gasteiger partial charge in [-0.1, -0.05) is 184 Å². The van der Waals surface area contributed by atoms with Gasteiger partial charge in [0.2, 0.25) is 11.8 Å². The number of rotatable bonds is 35. The number of amides is 2. The maximum absolute atomic E-state index is 12.6. The second-order valence-electron chi connectivity index (χ2n) is 15.4. The molecule has 54 heavy (non-hydrogen) atoms. The zero-order chi connectivity index (χ0) is 41.1. The number of esters is 2. The van der Waals surface area contributed by atoms with Gasteiger partial charge >= 0.3 is 11.9 Å². The van der Waals surface area contributed by atoms with E-state index in [0.717, 1.165) is 38.5 Å². The van der Waals surface area contributed by atoms with Gasteiger partial charge in [0.05, 0.1) is 6.54 Å². The monoisotopic (exact) mass is 771 g/mol. The summed E-state index contributed by atoms with van der Waals surface area (Å²) in [5, 5.41) is 13.7. The summed E-state index contributed by atoms with van der Waals surface area (Å²) in [6, 6.07) is 0. The number of aliphatic hydroxyl groups excluding tert-OH is 1. The third kappa shape index (κ3) is 47.9. The van der Waals surface area contributed by atoms with Crippen molar-refractivity contribution in [1.82, 2.24) is 10.6 Å². The molecule has 0 fully saturated rings. The van der Waals surface area contributed by atoms with Crippen LogP contribution in [0.4, 0.5) is 0 Å². The van der Waals surface area contributed by atoms with Crippen LogP contribution in [0, 0.1) is 11.8 Å². The van der Waals surface area contributed by atoms with Crippen LogP contribution in [-0.4, -0.2) is 61.3 Å². The normalized spacial score (nSPS) is 11.2. The van der Waals surface area contributed by atoms with Crippen LogP contribution in [0.3, 0.4) is 0 Å². The van der Waals surface area contributed by atoms with Crippen LogP contribution >= 0.6 is 0 Å². The SMILES string of the molecule is CC.CC(C)CO.CCCCCCCCCCCCCC(=O)OCC(CNC(=O)CCC(=O)NCC(C)C)OC(=O)CCCCCCCCCCCCC.